The first-order chi connectivity index (χ1) is 12.0. The van der Waals surface area contributed by atoms with Crippen molar-refractivity contribution in [3.63, 3.8) is 0 Å². The van der Waals surface area contributed by atoms with Gasteiger partial charge in [-0.25, -0.2) is 9.18 Å². The highest BCUT2D eigenvalue weighted by Crippen LogP contribution is 2.25. The standard InChI is InChI=1S/C18H17ClFN3O2/c19-13-1-7-16(8-2-13)23-11-12(9-17(23)24)10-21-18(25)22-15-5-3-14(20)4-6-15/h1-8,12H,9-11H2,(H2,21,22,25)/t12-/m0/s1. The first-order valence-corrected chi connectivity index (χ1v) is 8.25. The van der Waals surface area contributed by atoms with Crippen LogP contribution in [0.4, 0.5) is 20.6 Å². The molecule has 0 saturated carbocycles. The monoisotopic (exact) mass is 361 g/mol. The predicted molar refractivity (Wildman–Crippen MR) is 95.3 cm³/mol. The summed E-state index contributed by atoms with van der Waals surface area (Å²) in [6, 6.07) is 12.2. The van der Waals surface area contributed by atoms with Crippen LogP contribution >= 0.6 is 11.6 Å². The number of benzene rings is 2. The molecule has 25 heavy (non-hydrogen) atoms. The Kier molecular flexibility index (Phi) is 5.19. The van der Waals surface area contributed by atoms with Crippen LogP contribution in [0.1, 0.15) is 6.42 Å². The van der Waals surface area contributed by atoms with Crippen molar-refractivity contribution in [3.05, 3.63) is 59.4 Å². The van der Waals surface area contributed by atoms with Gasteiger partial charge in [-0.2, -0.15) is 0 Å². The van der Waals surface area contributed by atoms with Crippen molar-refractivity contribution in [1.82, 2.24) is 5.32 Å². The summed E-state index contributed by atoms with van der Waals surface area (Å²) in [4.78, 5) is 25.8. The summed E-state index contributed by atoms with van der Waals surface area (Å²) in [5.74, 6) is -0.312. The molecule has 2 N–H and O–H groups in total. The third-order valence-corrected chi connectivity index (χ3v) is 4.25. The molecule has 1 heterocycles. The van der Waals surface area contributed by atoms with Crippen LogP contribution < -0.4 is 15.5 Å². The Bertz CT molecular complexity index is 765. The summed E-state index contributed by atoms with van der Waals surface area (Å²) < 4.78 is 12.8. The molecule has 1 fully saturated rings. The molecule has 0 aromatic heterocycles. The van der Waals surface area contributed by atoms with Gasteiger partial charge in [0, 0.05) is 41.8 Å². The summed E-state index contributed by atoms with van der Waals surface area (Å²) in [7, 11) is 0. The van der Waals surface area contributed by atoms with Crippen molar-refractivity contribution in [2.75, 3.05) is 23.3 Å². The number of rotatable bonds is 4. The molecule has 0 spiro atoms. The highest BCUT2D eigenvalue weighted by molar-refractivity contribution is 6.30. The number of hydrogen-bond acceptors (Lipinski definition) is 2. The van der Waals surface area contributed by atoms with Crippen LogP contribution in [-0.4, -0.2) is 25.0 Å². The molecule has 3 rings (SSSR count). The second-order valence-electron chi connectivity index (χ2n) is 5.89. The third kappa shape index (κ3) is 4.48. The summed E-state index contributed by atoms with van der Waals surface area (Å²) in [6.45, 7) is 0.917. The maximum absolute atomic E-state index is 12.8. The van der Waals surface area contributed by atoms with E-state index in [0.717, 1.165) is 5.69 Å². The van der Waals surface area contributed by atoms with Crippen LogP contribution in [0.15, 0.2) is 48.5 Å². The van der Waals surface area contributed by atoms with Gasteiger partial charge in [-0.15, -0.1) is 0 Å². The number of hydrogen-bond donors (Lipinski definition) is 2. The normalized spacial score (nSPS) is 16.8. The smallest absolute Gasteiger partial charge is 0.319 e. The Labute approximate surface area is 149 Å². The topological polar surface area (TPSA) is 61.4 Å². The summed E-state index contributed by atoms with van der Waals surface area (Å²) in [5, 5.41) is 5.99. The van der Waals surface area contributed by atoms with Crippen LogP contribution in [0.3, 0.4) is 0 Å². The zero-order valence-corrected chi connectivity index (χ0v) is 14.1. The van der Waals surface area contributed by atoms with Gasteiger partial charge in [-0.3, -0.25) is 4.79 Å². The van der Waals surface area contributed by atoms with Crippen molar-refractivity contribution >= 4 is 34.9 Å². The molecule has 130 valence electrons. The fourth-order valence-electron chi connectivity index (χ4n) is 2.73. The number of carbonyl (C=O) groups excluding carboxylic acids is 2. The maximum Gasteiger partial charge on any atom is 0.319 e. The Balaban J connectivity index is 1.50. The fourth-order valence-corrected chi connectivity index (χ4v) is 2.86. The van der Waals surface area contributed by atoms with E-state index in [1.54, 1.807) is 29.2 Å². The molecular formula is C18H17ClFN3O2. The molecule has 5 nitrogen and oxygen atoms in total. The Morgan fingerprint density at radius 2 is 1.84 bits per heavy atom. The van der Waals surface area contributed by atoms with E-state index in [9.17, 15) is 14.0 Å². The maximum atomic E-state index is 12.8. The molecule has 0 aliphatic carbocycles. The molecule has 1 aliphatic heterocycles. The molecule has 7 heteroatoms. The summed E-state index contributed by atoms with van der Waals surface area (Å²) in [6.07, 6.45) is 0.374. The second-order valence-corrected chi connectivity index (χ2v) is 6.33. The van der Waals surface area contributed by atoms with Gasteiger partial charge in [-0.05, 0) is 48.5 Å². The number of nitrogens with zero attached hydrogens (tertiary/aromatic N) is 1. The summed E-state index contributed by atoms with van der Waals surface area (Å²) in [5.41, 5.74) is 1.30. The quantitative estimate of drug-likeness (QED) is 0.873. The first-order valence-electron chi connectivity index (χ1n) is 7.87. The lowest BCUT2D eigenvalue weighted by molar-refractivity contribution is -0.117. The minimum absolute atomic E-state index is 0.0214. The van der Waals surface area contributed by atoms with Gasteiger partial charge in [0.1, 0.15) is 5.82 Å². The zero-order valence-electron chi connectivity index (χ0n) is 13.3. The van der Waals surface area contributed by atoms with E-state index in [1.807, 2.05) is 0 Å². The van der Waals surface area contributed by atoms with Crippen molar-refractivity contribution in [1.29, 1.82) is 0 Å². The average molecular weight is 362 g/mol. The molecule has 1 saturated heterocycles. The van der Waals surface area contributed by atoms with E-state index >= 15 is 0 Å². The molecule has 0 bridgehead atoms. The number of carbonyl (C=O) groups is 2. The van der Waals surface area contributed by atoms with Gasteiger partial charge >= 0.3 is 6.03 Å². The fraction of sp³-hybridized carbons (Fsp3) is 0.222. The Morgan fingerprint density at radius 1 is 1.16 bits per heavy atom. The molecular weight excluding hydrogens is 345 g/mol. The molecule has 0 radical (unpaired) electrons. The molecule has 3 amide bonds. The van der Waals surface area contributed by atoms with Crippen LogP contribution in [-0.2, 0) is 4.79 Å². The van der Waals surface area contributed by atoms with E-state index in [1.165, 1.54) is 24.3 Å². The van der Waals surface area contributed by atoms with Crippen molar-refractivity contribution in [2.45, 2.75) is 6.42 Å². The number of amides is 3. The average Bonchev–Trinajstić information content (AvgIpc) is 2.97. The lowest BCUT2D eigenvalue weighted by atomic mass is 10.1. The van der Waals surface area contributed by atoms with E-state index < -0.39 is 0 Å². The van der Waals surface area contributed by atoms with E-state index in [2.05, 4.69) is 10.6 Å². The molecule has 2 aromatic carbocycles. The van der Waals surface area contributed by atoms with Gasteiger partial charge < -0.3 is 15.5 Å². The zero-order chi connectivity index (χ0) is 17.8. The Hall–Kier alpha value is -2.60. The van der Waals surface area contributed by atoms with E-state index in [-0.39, 0.29) is 23.7 Å². The van der Waals surface area contributed by atoms with Gasteiger partial charge in [0.05, 0.1) is 0 Å². The minimum atomic E-state index is -0.385. The van der Waals surface area contributed by atoms with Crippen molar-refractivity contribution in [3.8, 4) is 0 Å². The number of nitrogens with one attached hydrogen (secondary N) is 2. The minimum Gasteiger partial charge on any atom is -0.338 e. The Morgan fingerprint density at radius 3 is 2.52 bits per heavy atom. The first kappa shape index (κ1) is 17.2. The SMILES string of the molecule is O=C(NC[C@@H]1CC(=O)N(c2ccc(Cl)cc2)C1)Nc1ccc(F)cc1. The van der Waals surface area contributed by atoms with Gasteiger partial charge in [0.25, 0.3) is 0 Å². The number of anilines is 2. The highest BCUT2D eigenvalue weighted by atomic mass is 35.5. The van der Waals surface area contributed by atoms with Gasteiger partial charge in [0.15, 0.2) is 0 Å². The third-order valence-electron chi connectivity index (χ3n) is 4.00. The number of halogens is 2. The van der Waals surface area contributed by atoms with Crippen LogP contribution in [0.2, 0.25) is 5.02 Å². The van der Waals surface area contributed by atoms with E-state index in [0.29, 0.717) is 30.2 Å². The summed E-state index contributed by atoms with van der Waals surface area (Å²) >= 11 is 5.86. The molecule has 0 unspecified atom stereocenters. The van der Waals surface area contributed by atoms with Crippen molar-refractivity contribution in [2.24, 2.45) is 5.92 Å². The second kappa shape index (κ2) is 7.53. The van der Waals surface area contributed by atoms with Crippen molar-refractivity contribution < 1.29 is 14.0 Å². The van der Waals surface area contributed by atoms with Crippen LogP contribution in [0.25, 0.3) is 0 Å². The largest absolute Gasteiger partial charge is 0.338 e. The highest BCUT2D eigenvalue weighted by Gasteiger charge is 2.30. The predicted octanol–water partition coefficient (Wildman–Crippen LogP) is 3.65. The molecule has 1 aliphatic rings. The molecule has 1 atom stereocenters. The lowest BCUT2D eigenvalue weighted by Crippen LogP contribution is -2.34. The molecule has 2 aromatic rings. The van der Waals surface area contributed by atoms with Gasteiger partial charge in [-0.1, -0.05) is 11.6 Å². The van der Waals surface area contributed by atoms with Crippen LogP contribution in [0, 0.1) is 11.7 Å². The van der Waals surface area contributed by atoms with Gasteiger partial charge in [0.2, 0.25) is 5.91 Å². The van der Waals surface area contributed by atoms with E-state index in [4.69, 9.17) is 11.6 Å². The van der Waals surface area contributed by atoms with Crippen LogP contribution in [0.5, 0.6) is 0 Å². The number of urea groups is 1. The lowest BCUT2D eigenvalue weighted by Gasteiger charge is -2.17.